The number of halogens is 3. The first-order chi connectivity index (χ1) is 8.39. The molecule has 0 unspecified atom stereocenters. The van der Waals surface area contributed by atoms with Crippen LogP contribution in [0.1, 0.15) is 24.0 Å². The van der Waals surface area contributed by atoms with Gasteiger partial charge in [0.15, 0.2) is 0 Å². The Morgan fingerprint density at radius 2 is 1.83 bits per heavy atom. The largest absolute Gasteiger partial charge is 0.417 e. The fourth-order valence-corrected chi connectivity index (χ4v) is 2.33. The van der Waals surface area contributed by atoms with Gasteiger partial charge in [-0.15, -0.1) is 0 Å². The van der Waals surface area contributed by atoms with Gasteiger partial charge in [-0.05, 0) is 31.0 Å². The Morgan fingerprint density at radius 3 is 2.33 bits per heavy atom. The van der Waals surface area contributed by atoms with Gasteiger partial charge in [0, 0.05) is 24.3 Å². The quantitative estimate of drug-likeness (QED) is 0.841. The van der Waals surface area contributed by atoms with Crippen LogP contribution in [0.3, 0.4) is 0 Å². The number of hydrogen-bond acceptors (Lipinski definition) is 2. The van der Waals surface area contributed by atoms with Crippen molar-refractivity contribution < 1.29 is 13.2 Å². The molecule has 1 saturated heterocycles. The van der Waals surface area contributed by atoms with Crippen LogP contribution in [0.2, 0.25) is 0 Å². The molecule has 1 fully saturated rings. The molecule has 0 aromatic heterocycles. The number of nitrogens with two attached hydrogens (primary N) is 1. The molecule has 6 heteroatoms. The Bertz CT molecular complexity index is 465. The molecule has 2 nitrogen and oxygen atoms in total. The molecule has 18 heavy (non-hydrogen) atoms. The van der Waals surface area contributed by atoms with E-state index < -0.39 is 11.7 Å². The second kappa shape index (κ2) is 4.76. The third-order valence-corrected chi connectivity index (χ3v) is 3.27. The van der Waals surface area contributed by atoms with Crippen molar-refractivity contribution in [1.82, 2.24) is 0 Å². The molecule has 98 valence electrons. The maximum Gasteiger partial charge on any atom is 0.417 e. The fraction of sp³-hybridized carbons (Fsp3) is 0.417. The Hall–Kier alpha value is -1.30. The topological polar surface area (TPSA) is 29.3 Å². The second-order valence-corrected chi connectivity index (χ2v) is 4.73. The molecule has 0 atom stereocenters. The van der Waals surface area contributed by atoms with Crippen molar-refractivity contribution >= 4 is 22.9 Å². The maximum absolute atomic E-state index is 12.9. The fourth-order valence-electron chi connectivity index (χ4n) is 2.15. The summed E-state index contributed by atoms with van der Waals surface area (Å²) in [6.07, 6.45) is -2.41. The molecule has 0 spiro atoms. The zero-order chi connectivity index (χ0) is 13.3. The summed E-state index contributed by atoms with van der Waals surface area (Å²) in [4.78, 5) is 1.72. The smallest absolute Gasteiger partial charge is 0.389 e. The highest BCUT2D eigenvalue weighted by atomic mass is 32.1. The molecule has 0 amide bonds. The van der Waals surface area contributed by atoms with Crippen molar-refractivity contribution in [3.8, 4) is 0 Å². The zero-order valence-electron chi connectivity index (χ0n) is 9.63. The molecular formula is C12H13F3N2S. The van der Waals surface area contributed by atoms with E-state index in [0.29, 0.717) is 5.69 Å². The van der Waals surface area contributed by atoms with E-state index in [-0.39, 0.29) is 10.6 Å². The monoisotopic (exact) mass is 274 g/mol. The van der Waals surface area contributed by atoms with Crippen LogP contribution < -0.4 is 10.6 Å². The third kappa shape index (κ3) is 2.58. The summed E-state index contributed by atoms with van der Waals surface area (Å²) >= 11 is 4.66. The van der Waals surface area contributed by atoms with E-state index in [1.165, 1.54) is 6.07 Å². The van der Waals surface area contributed by atoms with E-state index in [1.807, 2.05) is 4.90 Å². The van der Waals surface area contributed by atoms with E-state index in [9.17, 15) is 13.2 Å². The number of rotatable bonds is 2. The van der Waals surface area contributed by atoms with Crippen LogP contribution in [0.25, 0.3) is 0 Å². The number of nitrogens with zero attached hydrogens (tertiary/aromatic N) is 1. The van der Waals surface area contributed by atoms with Crippen molar-refractivity contribution in [1.29, 1.82) is 0 Å². The van der Waals surface area contributed by atoms with Crippen molar-refractivity contribution in [2.75, 3.05) is 18.0 Å². The van der Waals surface area contributed by atoms with Crippen molar-refractivity contribution in [3.63, 3.8) is 0 Å². The first-order valence-electron chi connectivity index (χ1n) is 5.65. The Balaban J connectivity index is 2.45. The molecule has 2 rings (SSSR count). The van der Waals surface area contributed by atoms with Gasteiger partial charge < -0.3 is 10.6 Å². The van der Waals surface area contributed by atoms with Gasteiger partial charge in [-0.1, -0.05) is 12.2 Å². The number of hydrogen-bond donors (Lipinski definition) is 1. The van der Waals surface area contributed by atoms with Gasteiger partial charge in [-0.25, -0.2) is 0 Å². The summed E-state index contributed by atoms with van der Waals surface area (Å²) < 4.78 is 38.8. The van der Waals surface area contributed by atoms with Crippen LogP contribution in [0.15, 0.2) is 18.2 Å². The second-order valence-electron chi connectivity index (χ2n) is 4.29. The lowest BCUT2D eigenvalue weighted by atomic mass is 10.1. The highest BCUT2D eigenvalue weighted by Gasteiger charge is 2.34. The molecule has 0 aliphatic carbocycles. The van der Waals surface area contributed by atoms with Gasteiger partial charge >= 0.3 is 6.18 Å². The minimum absolute atomic E-state index is 0.111. The molecule has 1 heterocycles. The standard InChI is InChI=1S/C12H13F3N2S/c13-12(14,15)10-7-8(17-5-1-2-6-17)3-4-9(10)11(16)18/h3-4,7H,1-2,5-6H2,(H2,16,18). The summed E-state index contributed by atoms with van der Waals surface area (Å²) in [5.41, 5.74) is 5.05. The molecule has 1 aliphatic rings. The first kappa shape index (κ1) is 13.1. The van der Waals surface area contributed by atoms with Crippen LogP contribution in [0.5, 0.6) is 0 Å². The first-order valence-corrected chi connectivity index (χ1v) is 6.06. The molecule has 2 N–H and O–H groups in total. The van der Waals surface area contributed by atoms with Crippen molar-refractivity contribution in [3.05, 3.63) is 29.3 Å². The maximum atomic E-state index is 12.9. The average molecular weight is 274 g/mol. The third-order valence-electron chi connectivity index (χ3n) is 3.05. The lowest BCUT2D eigenvalue weighted by Crippen LogP contribution is -2.21. The lowest BCUT2D eigenvalue weighted by Gasteiger charge is -2.20. The highest BCUT2D eigenvalue weighted by Crippen LogP contribution is 2.35. The van der Waals surface area contributed by atoms with Crippen LogP contribution in [-0.4, -0.2) is 18.1 Å². The highest BCUT2D eigenvalue weighted by molar-refractivity contribution is 7.80. The van der Waals surface area contributed by atoms with Gasteiger partial charge in [0.2, 0.25) is 0 Å². The number of anilines is 1. The van der Waals surface area contributed by atoms with E-state index in [2.05, 4.69) is 12.2 Å². The Labute approximate surface area is 109 Å². The number of benzene rings is 1. The Kier molecular flexibility index (Phi) is 3.47. The van der Waals surface area contributed by atoms with E-state index in [1.54, 1.807) is 6.07 Å². The van der Waals surface area contributed by atoms with Crippen LogP contribution in [0, 0.1) is 0 Å². The molecule has 1 aliphatic heterocycles. The molecule has 0 radical (unpaired) electrons. The predicted molar refractivity (Wildman–Crippen MR) is 68.8 cm³/mol. The van der Waals surface area contributed by atoms with Gasteiger partial charge in [0.1, 0.15) is 4.99 Å². The minimum Gasteiger partial charge on any atom is -0.389 e. The average Bonchev–Trinajstić information content (AvgIpc) is 2.80. The van der Waals surface area contributed by atoms with Crippen LogP contribution in [0.4, 0.5) is 18.9 Å². The summed E-state index contributed by atoms with van der Waals surface area (Å²) in [6.45, 7) is 1.59. The number of thiocarbonyl (C=S) groups is 1. The van der Waals surface area contributed by atoms with Crippen molar-refractivity contribution in [2.45, 2.75) is 19.0 Å². The van der Waals surface area contributed by atoms with E-state index in [4.69, 9.17) is 5.73 Å². The minimum atomic E-state index is -4.44. The molecule has 1 aromatic rings. The lowest BCUT2D eigenvalue weighted by molar-refractivity contribution is -0.137. The molecule has 0 saturated carbocycles. The Morgan fingerprint density at radius 1 is 1.22 bits per heavy atom. The van der Waals surface area contributed by atoms with Gasteiger partial charge in [0.05, 0.1) is 5.56 Å². The molecular weight excluding hydrogens is 261 g/mol. The van der Waals surface area contributed by atoms with Gasteiger partial charge in [-0.3, -0.25) is 0 Å². The van der Waals surface area contributed by atoms with Crippen molar-refractivity contribution in [2.24, 2.45) is 5.73 Å². The zero-order valence-corrected chi connectivity index (χ0v) is 10.4. The molecule has 1 aromatic carbocycles. The summed E-state index contributed by atoms with van der Waals surface area (Å²) in [5, 5.41) is 0. The normalized spacial score (nSPS) is 16.1. The predicted octanol–water partition coefficient (Wildman–Crippen LogP) is 2.94. The van der Waals surface area contributed by atoms with Gasteiger partial charge in [0.25, 0.3) is 0 Å². The van der Waals surface area contributed by atoms with Gasteiger partial charge in [-0.2, -0.15) is 13.2 Å². The molecule has 0 bridgehead atoms. The SMILES string of the molecule is NC(=S)c1ccc(N2CCCC2)cc1C(F)(F)F. The number of alkyl halides is 3. The summed E-state index contributed by atoms with van der Waals surface area (Å²) in [7, 11) is 0. The van der Waals surface area contributed by atoms with Crippen LogP contribution in [-0.2, 0) is 6.18 Å². The van der Waals surface area contributed by atoms with E-state index >= 15 is 0 Å². The van der Waals surface area contributed by atoms with Crippen LogP contribution >= 0.6 is 12.2 Å². The summed E-state index contributed by atoms with van der Waals surface area (Å²) in [6, 6.07) is 4.15. The van der Waals surface area contributed by atoms with E-state index in [0.717, 1.165) is 32.0 Å². The summed E-state index contributed by atoms with van der Waals surface area (Å²) in [5.74, 6) is 0.